The third kappa shape index (κ3) is 6.05. The summed E-state index contributed by atoms with van der Waals surface area (Å²) in [5.74, 6) is 4.21. The minimum absolute atomic E-state index is 0.148. The summed E-state index contributed by atoms with van der Waals surface area (Å²) in [6, 6.07) is 1.12. The Bertz CT molecular complexity index is 674. The highest BCUT2D eigenvalue weighted by atomic mass is 16.6. The lowest BCUT2D eigenvalue weighted by atomic mass is 9.65. The second-order valence-electron chi connectivity index (χ2n) is 13.1. The van der Waals surface area contributed by atoms with Crippen molar-refractivity contribution < 1.29 is 9.53 Å². The number of hydrogen-bond acceptors (Lipinski definition) is 5. The summed E-state index contributed by atoms with van der Waals surface area (Å²) in [5, 5.41) is 11.8. The van der Waals surface area contributed by atoms with Crippen LogP contribution in [0.15, 0.2) is 0 Å². The third-order valence-corrected chi connectivity index (χ3v) is 8.98. The molecule has 0 aromatic rings. The number of ether oxygens (including phenoxy) is 1. The van der Waals surface area contributed by atoms with Crippen molar-refractivity contribution in [3.05, 3.63) is 0 Å². The molecule has 33 heavy (non-hydrogen) atoms. The van der Waals surface area contributed by atoms with Gasteiger partial charge in [0.15, 0.2) is 0 Å². The monoisotopic (exact) mass is 462 g/mol. The van der Waals surface area contributed by atoms with Gasteiger partial charge in [0.2, 0.25) is 0 Å². The van der Waals surface area contributed by atoms with Gasteiger partial charge in [-0.05, 0) is 89.9 Å². The fourth-order valence-electron chi connectivity index (χ4n) is 7.20. The van der Waals surface area contributed by atoms with Crippen LogP contribution in [0.25, 0.3) is 0 Å². The van der Waals surface area contributed by atoms with Gasteiger partial charge in [-0.25, -0.2) is 4.79 Å². The normalized spacial score (nSPS) is 41.1. The van der Waals surface area contributed by atoms with E-state index in [1.807, 2.05) is 25.7 Å². The molecule has 0 bridgehead atoms. The second kappa shape index (κ2) is 10.0. The van der Waals surface area contributed by atoms with Crippen molar-refractivity contribution in [2.75, 3.05) is 13.1 Å². The molecule has 2 saturated carbocycles. The average molecular weight is 463 g/mol. The van der Waals surface area contributed by atoms with Crippen molar-refractivity contribution in [3.63, 3.8) is 0 Å². The number of likely N-dealkylation sites (tertiary alicyclic amines) is 1. The molecule has 9 atom stereocenters. The minimum atomic E-state index is -0.420. The molecule has 6 heteroatoms. The summed E-state index contributed by atoms with van der Waals surface area (Å²) in [5.41, 5.74) is -0.420. The molecule has 4 rings (SSSR count). The predicted molar refractivity (Wildman–Crippen MR) is 134 cm³/mol. The van der Waals surface area contributed by atoms with E-state index >= 15 is 0 Å². The zero-order valence-corrected chi connectivity index (χ0v) is 22.2. The number of rotatable bonds is 4. The second-order valence-corrected chi connectivity index (χ2v) is 13.1. The highest BCUT2D eigenvalue weighted by Gasteiger charge is 2.48. The maximum Gasteiger partial charge on any atom is 0.410 e. The molecule has 190 valence electrons. The number of nitrogens with one attached hydrogen (secondary N) is 3. The fourth-order valence-corrected chi connectivity index (χ4v) is 7.20. The summed E-state index contributed by atoms with van der Waals surface area (Å²) in [4.78, 5) is 14.3. The summed E-state index contributed by atoms with van der Waals surface area (Å²) < 4.78 is 5.58. The Morgan fingerprint density at radius 3 is 2.42 bits per heavy atom. The van der Waals surface area contributed by atoms with E-state index < -0.39 is 5.60 Å². The van der Waals surface area contributed by atoms with Gasteiger partial charge in [0.1, 0.15) is 5.60 Å². The van der Waals surface area contributed by atoms with Gasteiger partial charge in [0.05, 0.1) is 12.3 Å². The van der Waals surface area contributed by atoms with Crippen molar-refractivity contribution in [2.24, 2.45) is 35.5 Å². The molecule has 0 aromatic heterocycles. The molecule has 6 nitrogen and oxygen atoms in total. The van der Waals surface area contributed by atoms with E-state index in [9.17, 15) is 4.79 Å². The Hall–Kier alpha value is -0.850. The van der Waals surface area contributed by atoms with E-state index in [4.69, 9.17) is 4.74 Å². The molecule has 2 aliphatic heterocycles. The Labute approximate surface area is 202 Å². The van der Waals surface area contributed by atoms with E-state index in [0.717, 1.165) is 24.9 Å². The first kappa shape index (κ1) is 25.2. The number of hydrogen-bond donors (Lipinski definition) is 3. The molecule has 0 aromatic carbocycles. The molecule has 3 N–H and O–H groups in total. The van der Waals surface area contributed by atoms with Crippen LogP contribution >= 0.6 is 0 Å². The van der Waals surface area contributed by atoms with Crippen LogP contribution in [0.4, 0.5) is 4.79 Å². The molecule has 2 aliphatic carbocycles. The standard InChI is InChI=1S/C27H50N4O2/c1-16-9-8-10-20(11-16)18(3)28-25-23-13-21(12-17(2)24(23)29-19(4)30-25)22-14-31(15-22)26(32)33-27(5,6)7/h16-25,28-30H,8-15H2,1-7H3. The van der Waals surface area contributed by atoms with Crippen molar-refractivity contribution in [3.8, 4) is 0 Å². The van der Waals surface area contributed by atoms with Crippen molar-refractivity contribution >= 4 is 6.09 Å². The molecular weight excluding hydrogens is 412 g/mol. The molecule has 0 spiro atoms. The number of carbonyl (C=O) groups excluding carboxylic acids is 1. The molecule has 2 saturated heterocycles. The van der Waals surface area contributed by atoms with E-state index in [-0.39, 0.29) is 6.09 Å². The molecule has 4 fully saturated rings. The van der Waals surface area contributed by atoms with E-state index in [2.05, 4.69) is 43.6 Å². The van der Waals surface area contributed by atoms with Crippen LogP contribution in [-0.2, 0) is 4.74 Å². The van der Waals surface area contributed by atoms with E-state index in [1.165, 1.54) is 38.5 Å². The van der Waals surface area contributed by atoms with Gasteiger partial charge in [0.25, 0.3) is 0 Å². The van der Waals surface area contributed by atoms with Gasteiger partial charge in [-0.2, -0.15) is 0 Å². The van der Waals surface area contributed by atoms with Gasteiger partial charge in [-0.1, -0.05) is 26.7 Å². The van der Waals surface area contributed by atoms with E-state index in [0.29, 0.717) is 48.1 Å². The van der Waals surface area contributed by atoms with Crippen LogP contribution < -0.4 is 16.0 Å². The summed E-state index contributed by atoms with van der Waals surface area (Å²) in [6.07, 6.45) is 8.57. The number of nitrogens with zero attached hydrogens (tertiary/aromatic N) is 1. The van der Waals surface area contributed by atoms with Crippen LogP contribution in [0.5, 0.6) is 0 Å². The number of fused-ring (bicyclic) bond motifs is 1. The van der Waals surface area contributed by atoms with Crippen LogP contribution in [-0.4, -0.2) is 54.1 Å². The van der Waals surface area contributed by atoms with Gasteiger partial charge in [-0.15, -0.1) is 0 Å². The fraction of sp³-hybridized carbons (Fsp3) is 0.963. The zero-order chi connectivity index (χ0) is 23.9. The lowest BCUT2D eigenvalue weighted by molar-refractivity contribution is -0.0349. The zero-order valence-electron chi connectivity index (χ0n) is 22.2. The van der Waals surface area contributed by atoms with Gasteiger partial charge >= 0.3 is 6.09 Å². The van der Waals surface area contributed by atoms with Crippen LogP contribution in [0.1, 0.15) is 87.0 Å². The van der Waals surface area contributed by atoms with Crippen LogP contribution in [0.2, 0.25) is 0 Å². The van der Waals surface area contributed by atoms with Crippen molar-refractivity contribution in [2.45, 2.75) is 117 Å². The molecular formula is C27H50N4O2. The van der Waals surface area contributed by atoms with Gasteiger partial charge in [-0.3, -0.25) is 16.0 Å². The van der Waals surface area contributed by atoms with Crippen LogP contribution in [0.3, 0.4) is 0 Å². The first-order valence-electron chi connectivity index (χ1n) is 13.8. The largest absolute Gasteiger partial charge is 0.444 e. The predicted octanol–water partition coefficient (Wildman–Crippen LogP) is 4.55. The number of carbonyl (C=O) groups is 1. The maximum atomic E-state index is 12.4. The first-order chi connectivity index (χ1) is 15.5. The lowest BCUT2D eigenvalue weighted by Gasteiger charge is -2.54. The first-order valence-corrected chi connectivity index (χ1v) is 13.8. The highest BCUT2D eigenvalue weighted by molar-refractivity contribution is 5.69. The Morgan fingerprint density at radius 1 is 1.03 bits per heavy atom. The van der Waals surface area contributed by atoms with E-state index in [1.54, 1.807) is 0 Å². The molecule has 2 heterocycles. The lowest BCUT2D eigenvalue weighted by Crippen LogP contribution is -2.71. The quantitative estimate of drug-likeness (QED) is 0.572. The molecule has 1 amide bonds. The smallest absolute Gasteiger partial charge is 0.410 e. The topological polar surface area (TPSA) is 65.6 Å². The maximum absolute atomic E-state index is 12.4. The van der Waals surface area contributed by atoms with Crippen molar-refractivity contribution in [1.82, 2.24) is 20.9 Å². The highest BCUT2D eigenvalue weighted by Crippen LogP contribution is 2.43. The molecule has 0 radical (unpaired) electrons. The third-order valence-electron chi connectivity index (χ3n) is 8.98. The SMILES string of the molecule is CC1CCCC(C(C)NC2NC(C)NC3C(C)CC(C4CN(C(=O)OC(C)(C)C)C4)CC23)C1. The summed E-state index contributed by atoms with van der Waals surface area (Å²) in [6.45, 7) is 17.1. The Kier molecular flexibility index (Phi) is 7.67. The minimum Gasteiger partial charge on any atom is -0.444 e. The molecule has 9 unspecified atom stereocenters. The summed E-state index contributed by atoms with van der Waals surface area (Å²) in [7, 11) is 0. The average Bonchev–Trinajstić information content (AvgIpc) is 2.66. The van der Waals surface area contributed by atoms with Crippen molar-refractivity contribution in [1.29, 1.82) is 0 Å². The van der Waals surface area contributed by atoms with Gasteiger partial charge in [0, 0.05) is 31.1 Å². The Morgan fingerprint density at radius 2 is 1.76 bits per heavy atom. The number of amides is 1. The Balaban J connectivity index is 1.36. The summed E-state index contributed by atoms with van der Waals surface area (Å²) >= 11 is 0. The molecule has 4 aliphatic rings. The van der Waals surface area contributed by atoms with Crippen LogP contribution in [0, 0.1) is 35.5 Å². The van der Waals surface area contributed by atoms with Gasteiger partial charge < -0.3 is 9.64 Å².